The van der Waals surface area contributed by atoms with Crippen molar-refractivity contribution in [3.63, 3.8) is 0 Å². The molecule has 0 aromatic heterocycles. The van der Waals surface area contributed by atoms with Gasteiger partial charge in [-0.3, -0.25) is 4.79 Å². The van der Waals surface area contributed by atoms with Crippen molar-refractivity contribution in [3.05, 3.63) is 0 Å². The lowest BCUT2D eigenvalue weighted by Gasteiger charge is -2.30. The van der Waals surface area contributed by atoms with Gasteiger partial charge in [-0.25, -0.2) is 0 Å². The summed E-state index contributed by atoms with van der Waals surface area (Å²) in [5.41, 5.74) is -0.297. The standard InChI is InChI=1S/C9H16O3.C2H6/c1-3-12-8(10)9(2)4-6-11-7-5-9;1-2/h3-7H2,1-2H3;1-2H3. The Kier molecular flexibility index (Phi) is 6.54. The van der Waals surface area contributed by atoms with Crippen LogP contribution in [0.2, 0.25) is 0 Å². The second-order valence-corrected chi connectivity index (χ2v) is 3.39. The maximum atomic E-state index is 11.4. The number of carbonyl (C=O) groups excluding carboxylic acids is 1. The fourth-order valence-corrected chi connectivity index (χ4v) is 1.33. The first kappa shape index (κ1) is 13.4. The number of hydrogen-bond donors (Lipinski definition) is 0. The van der Waals surface area contributed by atoms with Crippen LogP contribution < -0.4 is 0 Å². The fraction of sp³-hybridized carbons (Fsp3) is 0.909. The van der Waals surface area contributed by atoms with E-state index in [0.717, 1.165) is 12.8 Å². The Hall–Kier alpha value is -0.570. The molecule has 0 spiro atoms. The lowest BCUT2D eigenvalue weighted by molar-refractivity contribution is -0.159. The minimum atomic E-state index is -0.297. The maximum absolute atomic E-state index is 11.4. The smallest absolute Gasteiger partial charge is 0.311 e. The summed E-state index contributed by atoms with van der Waals surface area (Å²) in [6, 6.07) is 0. The Bertz CT molecular complexity index is 160. The molecule has 1 saturated heterocycles. The number of rotatable bonds is 2. The molecular weight excluding hydrogens is 180 g/mol. The van der Waals surface area contributed by atoms with Crippen LogP contribution in [0.15, 0.2) is 0 Å². The Morgan fingerprint density at radius 3 is 2.29 bits per heavy atom. The summed E-state index contributed by atoms with van der Waals surface area (Å²) in [6.45, 7) is 9.61. The molecule has 1 heterocycles. The molecular formula is C11H22O3. The molecule has 14 heavy (non-hydrogen) atoms. The lowest BCUT2D eigenvalue weighted by Crippen LogP contribution is -2.35. The van der Waals surface area contributed by atoms with Crippen LogP contribution in [-0.2, 0) is 14.3 Å². The molecule has 1 aliphatic heterocycles. The summed E-state index contributed by atoms with van der Waals surface area (Å²) in [6.07, 6.45) is 1.57. The molecule has 3 nitrogen and oxygen atoms in total. The van der Waals surface area contributed by atoms with Gasteiger partial charge in [0.1, 0.15) is 0 Å². The molecule has 0 saturated carbocycles. The summed E-state index contributed by atoms with van der Waals surface area (Å²) in [4.78, 5) is 11.4. The minimum Gasteiger partial charge on any atom is -0.466 e. The SMILES string of the molecule is CC.CCOC(=O)C1(C)CCOCC1. The highest BCUT2D eigenvalue weighted by molar-refractivity contribution is 5.76. The third-order valence-corrected chi connectivity index (χ3v) is 2.36. The summed E-state index contributed by atoms with van der Waals surface area (Å²) in [5, 5.41) is 0. The van der Waals surface area contributed by atoms with Gasteiger partial charge in [0, 0.05) is 13.2 Å². The van der Waals surface area contributed by atoms with Crippen molar-refractivity contribution in [3.8, 4) is 0 Å². The molecule has 1 aliphatic rings. The second-order valence-electron chi connectivity index (χ2n) is 3.39. The van der Waals surface area contributed by atoms with Crippen LogP contribution in [0.3, 0.4) is 0 Å². The van der Waals surface area contributed by atoms with Crippen molar-refractivity contribution >= 4 is 5.97 Å². The molecule has 0 unspecified atom stereocenters. The van der Waals surface area contributed by atoms with Crippen LogP contribution in [0.25, 0.3) is 0 Å². The van der Waals surface area contributed by atoms with Crippen molar-refractivity contribution in [2.45, 2.75) is 40.5 Å². The zero-order chi connectivity index (χ0) is 11.0. The van der Waals surface area contributed by atoms with Gasteiger partial charge in [0.05, 0.1) is 12.0 Å². The first-order valence-corrected chi connectivity index (χ1v) is 5.44. The van der Waals surface area contributed by atoms with E-state index >= 15 is 0 Å². The molecule has 84 valence electrons. The van der Waals surface area contributed by atoms with Crippen molar-refractivity contribution in [2.24, 2.45) is 5.41 Å². The second kappa shape index (κ2) is 6.82. The van der Waals surface area contributed by atoms with Crippen LogP contribution >= 0.6 is 0 Å². The Labute approximate surface area is 86.8 Å². The summed E-state index contributed by atoms with van der Waals surface area (Å²) in [5.74, 6) is -0.0756. The first-order chi connectivity index (χ1) is 6.69. The van der Waals surface area contributed by atoms with Crippen molar-refractivity contribution in [1.82, 2.24) is 0 Å². The first-order valence-electron chi connectivity index (χ1n) is 5.44. The third-order valence-electron chi connectivity index (χ3n) is 2.36. The van der Waals surface area contributed by atoms with Crippen molar-refractivity contribution in [1.29, 1.82) is 0 Å². The predicted octanol–water partition coefficient (Wildman–Crippen LogP) is 2.39. The number of carbonyl (C=O) groups is 1. The van der Waals surface area contributed by atoms with E-state index in [2.05, 4.69) is 0 Å². The van der Waals surface area contributed by atoms with Gasteiger partial charge in [-0.05, 0) is 26.7 Å². The molecule has 0 aromatic carbocycles. The average Bonchev–Trinajstić information content (AvgIpc) is 2.22. The molecule has 3 heteroatoms. The maximum Gasteiger partial charge on any atom is 0.311 e. The molecule has 0 N–H and O–H groups in total. The van der Waals surface area contributed by atoms with Crippen molar-refractivity contribution in [2.75, 3.05) is 19.8 Å². The highest BCUT2D eigenvalue weighted by Crippen LogP contribution is 2.30. The van der Waals surface area contributed by atoms with Gasteiger partial charge in [-0.15, -0.1) is 0 Å². The predicted molar refractivity (Wildman–Crippen MR) is 56.1 cm³/mol. The lowest BCUT2D eigenvalue weighted by atomic mass is 9.82. The largest absolute Gasteiger partial charge is 0.466 e. The molecule has 0 atom stereocenters. The van der Waals surface area contributed by atoms with E-state index < -0.39 is 0 Å². The molecule has 1 rings (SSSR count). The molecule has 0 bridgehead atoms. The van der Waals surface area contributed by atoms with E-state index in [4.69, 9.17) is 9.47 Å². The Morgan fingerprint density at radius 2 is 1.86 bits per heavy atom. The van der Waals surface area contributed by atoms with E-state index in [-0.39, 0.29) is 11.4 Å². The zero-order valence-corrected chi connectivity index (χ0v) is 9.76. The summed E-state index contributed by atoms with van der Waals surface area (Å²) < 4.78 is 10.2. The Morgan fingerprint density at radius 1 is 1.36 bits per heavy atom. The van der Waals surface area contributed by atoms with Crippen LogP contribution in [0.5, 0.6) is 0 Å². The molecule has 0 aliphatic carbocycles. The summed E-state index contributed by atoms with van der Waals surface area (Å²) in [7, 11) is 0. The topological polar surface area (TPSA) is 35.5 Å². The highest BCUT2D eigenvalue weighted by atomic mass is 16.5. The van der Waals surface area contributed by atoms with E-state index in [1.165, 1.54) is 0 Å². The normalized spacial score (nSPS) is 19.1. The summed E-state index contributed by atoms with van der Waals surface area (Å²) >= 11 is 0. The van der Waals surface area contributed by atoms with Gasteiger partial charge in [0.25, 0.3) is 0 Å². The zero-order valence-electron chi connectivity index (χ0n) is 9.76. The van der Waals surface area contributed by atoms with Gasteiger partial charge < -0.3 is 9.47 Å². The fourth-order valence-electron chi connectivity index (χ4n) is 1.33. The van der Waals surface area contributed by atoms with Gasteiger partial charge in [-0.1, -0.05) is 13.8 Å². The average molecular weight is 202 g/mol. The third kappa shape index (κ3) is 3.66. The number of hydrogen-bond acceptors (Lipinski definition) is 3. The molecule has 0 amide bonds. The van der Waals surface area contributed by atoms with E-state index in [0.29, 0.717) is 19.8 Å². The van der Waals surface area contributed by atoms with E-state index in [1.807, 2.05) is 27.7 Å². The van der Waals surface area contributed by atoms with Crippen LogP contribution in [0, 0.1) is 5.41 Å². The van der Waals surface area contributed by atoms with E-state index in [1.54, 1.807) is 0 Å². The number of ether oxygens (including phenoxy) is 2. The Balaban J connectivity index is 0.000000791. The van der Waals surface area contributed by atoms with Gasteiger partial charge in [-0.2, -0.15) is 0 Å². The molecule has 1 fully saturated rings. The quantitative estimate of drug-likeness (QED) is 0.645. The van der Waals surface area contributed by atoms with Crippen molar-refractivity contribution < 1.29 is 14.3 Å². The van der Waals surface area contributed by atoms with Crippen LogP contribution in [-0.4, -0.2) is 25.8 Å². The minimum absolute atomic E-state index is 0.0756. The van der Waals surface area contributed by atoms with Gasteiger partial charge in [0.2, 0.25) is 0 Å². The van der Waals surface area contributed by atoms with Gasteiger partial charge in [0.15, 0.2) is 0 Å². The highest BCUT2D eigenvalue weighted by Gasteiger charge is 2.36. The monoisotopic (exact) mass is 202 g/mol. The van der Waals surface area contributed by atoms with Crippen LogP contribution in [0.1, 0.15) is 40.5 Å². The molecule has 0 aromatic rings. The molecule has 0 radical (unpaired) electrons. The van der Waals surface area contributed by atoms with Crippen LogP contribution in [0.4, 0.5) is 0 Å². The van der Waals surface area contributed by atoms with Gasteiger partial charge >= 0.3 is 5.97 Å². The number of esters is 1. The van der Waals surface area contributed by atoms with E-state index in [9.17, 15) is 4.79 Å².